The molecule has 0 unspecified atom stereocenters. The first kappa shape index (κ1) is 13.5. The summed E-state index contributed by atoms with van der Waals surface area (Å²) in [5.74, 6) is -0.520. The van der Waals surface area contributed by atoms with E-state index in [9.17, 15) is 14.4 Å². The Labute approximate surface area is 121 Å². The van der Waals surface area contributed by atoms with Gasteiger partial charge in [-0.3, -0.25) is 14.4 Å². The minimum atomic E-state index is -0.393. The first-order valence-electron chi connectivity index (χ1n) is 6.80. The Morgan fingerprint density at radius 2 is 1.86 bits per heavy atom. The van der Waals surface area contributed by atoms with Gasteiger partial charge in [0, 0.05) is 23.1 Å². The zero-order chi connectivity index (χ0) is 15.0. The molecule has 5 nitrogen and oxygen atoms in total. The van der Waals surface area contributed by atoms with Crippen LogP contribution in [0.25, 0.3) is 0 Å². The Balaban J connectivity index is 2.16. The van der Waals surface area contributed by atoms with Crippen LogP contribution >= 0.6 is 0 Å². The molecule has 1 heterocycles. The molecule has 1 aromatic rings. The van der Waals surface area contributed by atoms with Crippen molar-refractivity contribution in [3.05, 3.63) is 40.5 Å². The number of rotatable bonds is 0. The first-order chi connectivity index (χ1) is 10.1. The molecule has 0 saturated heterocycles. The van der Waals surface area contributed by atoms with Crippen LogP contribution in [0.1, 0.15) is 40.5 Å². The van der Waals surface area contributed by atoms with E-state index in [1.807, 2.05) is 0 Å². The highest BCUT2D eigenvalue weighted by atomic mass is 16.5. The van der Waals surface area contributed by atoms with Gasteiger partial charge in [-0.1, -0.05) is 12.1 Å². The lowest BCUT2D eigenvalue weighted by Gasteiger charge is -2.20. The number of hydrogen-bond acceptors (Lipinski definition) is 5. The molecule has 0 saturated carbocycles. The SMILES string of the molecule is CC1=C2COC(=O)CCCOc3cccc(c3C2=O)C1=O. The monoisotopic (exact) mass is 286 g/mol. The number of cyclic esters (lactones) is 1. The predicted molar refractivity (Wildman–Crippen MR) is 73.5 cm³/mol. The second-order valence-corrected chi connectivity index (χ2v) is 5.05. The maximum atomic E-state index is 12.6. The van der Waals surface area contributed by atoms with Gasteiger partial charge < -0.3 is 9.47 Å². The van der Waals surface area contributed by atoms with Gasteiger partial charge in [0.15, 0.2) is 11.6 Å². The van der Waals surface area contributed by atoms with Crippen molar-refractivity contribution in [1.82, 2.24) is 0 Å². The van der Waals surface area contributed by atoms with Crippen LogP contribution in [0.4, 0.5) is 0 Å². The van der Waals surface area contributed by atoms with E-state index in [2.05, 4.69) is 0 Å². The van der Waals surface area contributed by atoms with E-state index in [1.54, 1.807) is 25.1 Å². The van der Waals surface area contributed by atoms with Crippen molar-refractivity contribution in [2.45, 2.75) is 19.8 Å². The molecule has 0 atom stereocenters. The van der Waals surface area contributed by atoms with Crippen LogP contribution < -0.4 is 4.74 Å². The number of ketones is 2. The summed E-state index contributed by atoms with van der Waals surface area (Å²) < 4.78 is 10.7. The number of allylic oxidation sites excluding steroid dienone is 1. The number of carbonyl (C=O) groups excluding carboxylic acids is 3. The van der Waals surface area contributed by atoms with E-state index < -0.39 is 5.97 Å². The highest BCUT2D eigenvalue weighted by Gasteiger charge is 2.33. The minimum absolute atomic E-state index is 0.164. The first-order valence-corrected chi connectivity index (χ1v) is 6.80. The van der Waals surface area contributed by atoms with Crippen LogP contribution in [0, 0.1) is 0 Å². The van der Waals surface area contributed by atoms with Crippen molar-refractivity contribution >= 4 is 17.5 Å². The molecule has 2 aliphatic rings. The third kappa shape index (κ3) is 2.24. The molecule has 1 aliphatic heterocycles. The van der Waals surface area contributed by atoms with Gasteiger partial charge in [0.25, 0.3) is 0 Å². The number of Topliss-reactive ketones (excluding diaryl/α,β-unsaturated/α-hetero) is 2. The Kier molecular flexibility index (Phi) is 3.33. The lowest BCUT2D eigenvalue weighted by atomic mass is 9.84. The molecule has 1 aromatic carbocycles. The summed E-state index contributed by atoms with van der Waals surface area (Å²) in [6.45, 7) is 1.72. The largest absolute Gasteiger partial charge is 0.493 e. The van der Waals surface area contributed by atoms with Gasteiger partial charge in [-0.2, -0.15) is 0 Å². The normalized spacial score (nSPS) is 18.8. The van der Waals surface area contributed by atoms with Gasteiger partial charge in [-0.25, -0.2) is 0 Å². The fourth-order valence-electron chi connectivity index (χ4n) is 2.53. The zero-order valence-electron chi connectivity index (χ0n) is 11.6. The standard InChI is InChI=1S/C16H14O5/c1-9-11-8-21-13(17)6-3-7-20-12-5-2-4-10(15(9)18)14(12)16(11)19/h2,4-5H,3,6-8H2,1H3. The van der Waals surface area contributed by atoms with Crippen LogP contribution in [0.3, 0.4) is 0 Å². The number of benzene rings is 1. The second-order valence-electron chi connectivity index (χ2n) is 5.05. The lowest BCUT2D eigenvalue weighted by molar-refractivity contribution is -0.142. The molecule has 1 aliphatic carbocycles. The summed E-state index contributed by atoms with van der Waals surface area (Å²) in [5.41, 5.74) is 1.20. The summed E-state index contributed by atoms with van der Waals surface area (Å²) in [5, 5.41) is 0. The van der Waals surface area contributed by atoms with Gasteiger partial charge >= 0.3 is 5.97 Å². The molecule has 108 valence electrons. The van der Waals surface area contributed by atoms with Crippen molar-refractivity contribution in [2.24, 2.45) is 0 Å². The smallest absolute Gasteiger partial charge is 0.306 e. The average Bonchev–Trinajstić information content (AvgIpc) is 2.50. The van der Waals surface area contributed by atoms with E-state index in [4.69, 9.17) is 9.47 Å². The zero-order valence-corrected chi connectivity index (χ0v) is 11.6. The maximum absolute atomic E-state index is 12.6. The summed E-state index contributed by atoms with van der Waals surface area (Å²) in [4.78, 5) is 36.6. The summed E-state index contributed by atoms with van der Waals surface area (Å²) in [6, 6.07) is 4.98. The third-order valence-corrected chi connectivity index (χ3v) is 3.73. The Hall–Kier alpha value is -2.43. The minimum Gasteiger partial charge on any atom is -0.493 e. The fourth-order valence-corrected chi connectivity index (χ4v) is 2.53. The van der Waals surface area contributed by atoms with Gasteiger partial charge in [0.05, 0.1) is 12.2 Å². The van der Waals surface area contributed by atoms with E-state index in [1.165, 1.54) is 0 Å². The molecule has 5 heteroatoms. The van der Waals surface area contributed by atoms with Crippen molar-refractivity contribution in [3.63, 3.8) is 0 Å². The van der Waals surface area contributed by atoms with E-state index in [0.717, 1.165) is 0 Å². The highest BCUT2D eigenvalue weighted by molar-refractivity contribution is 6.27. The van der Waals surface area contributed by atoms with Gasteiger partial charge in [-0.15, -0.1) is 0 Å². The van der Waals surface area contributed by atoms with E-state index in [-0.39, 0.29) is 35.7 Å². The quantitative estimate of drug-likeness (QED) is 0.683. The molecule has 3 rings (SSSR count). The van der Waals surface area contributed by atoms with Gasteiger partial charge in [-0.05, 0) is 19.4 Å². The Morgan fingerprint density at radius 1 is 1.05 bits per heavy atom. The summed E-state index contributed by atoms with van der Waals surface area (Å²) in [6.07, 6.45) is 0.728. The molecular weight excluding hydrogens is 272 g/mol. The molecule has 21 heavy (non-hydrogen) atoms. The fraction of sp³-hybridized carbons (Fsp3) is 0.312. The van der Waals surface area contributed by atoms with Crippen LogP contribution in [-0.2, 0) is 9.53 Å². The van der Waals surface area contributed by atoms with Crippen molar-refractivity contribution in [2.75, 3.05) is 13.2 Å². The third-order valence-electron chi connectivity index (χ3n) is 3.73. The van der Waals surface area contributed by atoms with Crippen LogP contribution in [0.15, 0.2) is 29.3 Å². The van der Waals surface area contributed by atoms with E-state index in [0.29, 0.717) is 29.9 Å². The molecule has 0 aromatic heterocycles. The van der Waals surface area contributed by atoms with E-state index >= 15 is 0 Å². The van der Waals surface area contributed by atoms with Crippen LogP contribution in [-0.4, -0.2) is 30.7 Å². The Morgan fingerprint density at radius 3 is 2.67 bits per heavy atom. The topological polar surface area (TPSA) is 69.7 Å². The number of carbonyl (C=O) groups is 3. The second kappa shape index (κ2) is 5.16. The Bertz CT molecular complexity index is 684. The molecule has 2 bridgehead atoms. The van der Waals surface area contributed by atoms with Gasteiger partial charge in [0.2, 0.25) is 0 Å². The van der Waals surface area contributed by atoms with Crippen LogP contribution in [0.2, 0.25) is 0 Å². The molecule has 0 spiro atoms. The molecule has 0 N–H and O–H groups in total. The number of fused-ring (bicyclic) bond motifs is 1. The number of ether oxygens (including phenoxy) is 2. The molecule has 0 fully saturated rings. The predicted octanol–water partition coefficient (Wildman–Crippen LogP) is 2.10. The van der Waals surface area contributed by atoms with Crippen molar-refractivity contribution < 1.29 is 23.9 Å². The van der Waals surface area contributed by atoms with Crippen LogP contribution in [0.5, 0.6) is 5.75 Å². The molecular formula is C16H14O5. The summed E-state index contributed by atoms with van der Waals surface area (Å²) >= 11 is 0. The lowest BCUT2D eigenvalue weighted by Crippen LogP contribution is -2.24. The highest BCUT2D eigenvalue weighted by Crippen LogP contribution is 2.33. The molecule has 0 radical (unpaired) electrons. The molecule has 0 amide bonds. The average molecular weight is 286 g/mol. The maximum Gasteiger partial charge on any atom is 0.306 e. The number of esters is 1. The van der Waals surface area contributed by atoms with Crippen molar-refractivity contribution in [3.8, 4) is 5.75 Å². The van der Waals surface area contributed by atoms with Gasteiger partial charge in [0.1, 0.15) is 12.4 Å². The van der Waals surface area contributed by atoms with Crippen molar-refractivity contribution in [1.29, 1.82) is 0 Å². The number of hydrogen-bond donors (Lipinski definition) is 0. The summed E-state index contributed by atoms with van der Waals surface area (Å²) in [7, 11) is 0.